The molecule has 0 heterocycles. The van der Waals surface area contributed by atoms with Crippen molar-refractivity contribution in [1.29, 1.82) is 0 Å². The van der Waals surface area contributed by atoms with Gasteiger partial charge in [0.05, 0.1) is 11.4 Å². The van der Waals surface area contributed by atoms with E-state index in [0.717, 1.165) is 30.2 Å². The normalized spacial score (nSPS) is 14.9. The number of nitrogens with one attached hydrogen (secondary N) is 1. The lowest BCUT2D eigenvalue weighted by atomic mass is 10.1. The summed E-state index contributed by atoms with van der Waals surface area (Å²) in [5.41, 5.74) is 4.49. The first-order valence-corrected chi connectivity index (χ1v) is 12.0. The SMILES string of the molecule is CCN(c1ccc(N=C2C=C(Nc3ccc(N(CC)C(C)C)cc3)C(=O)C=C2O)cc1)C(C)C. The quantitative estimate of drug-likeness (QED) is 0.433. The third-order valence-electron chi connectivity index (χ3n) is 5.91. The number of carbonyl (C=O) groups is 1. The summed E-state index contributed by atoms with van der Waals surface area (Å²) in [4.78, 5) is 21.7. The molecule has 6 nitrogen and oxygen atoms in total. The Kier molecular flexibility index (Phi) is 8.16. The Bertz CT molecular complexity index is 1080. The van der Waals surface area contributed by atoms with Crippen LogP contribution in [0, 0.1) is 0 Å². The standard InChI is InChI=1S/C28H36N4O2/c1-7-31(19(3)4)23-13-9-21(10-14-23)29-25-17-26(28(34)18-27(25)33)30-22-11-15-24(16-12-22)32(8-2)20(5)6/h9-20,29,34H,7-8H2,1-6H3. The monoisotopic (exact) mass is 460 g/mol. The first kappa shape index (κ1) is 25.1. The van der Waals surface area contributed by atoms with Gasteiger partial charge in [-0.3, -0.25) is 4.79 Å². The topological polar surface area (TPSA) is 68.2 Å². The van der Waals surface area contributed by atoms with Gasteiger partial charge in [0.1, 0.15) is 11.5 Å². The first-order valence-electron chi connectivity index (χ1n) is 12.0. The largest absolute Gasteiger partial charge is 0.506 e. The summed E-state index contributed by atoms with van der Waals surface area (Å²) in [6.45, 7) is 14.8. The summed E-state index contributed by atoms with van der Waals surface area (Å²) >= 11 is 0. The van der Waals surface area contributed by atoms with Gasteiger partial charge in [0, 0.05) is 48.3 Å². The van der Waals surface area contributed by atoms with Crippen molar-refractivity contribution >= 4 is 34.2 Å². The van der Waals surface area contributed by atoms with Gasteiger partial charge in [-0.05, 0) is 96.1 Å². The fourth-order valence-corrected chi connectivity index (χ4v) is 4.19. The van der Waals surface area contributed by atoms with Crippen molar-refractivity contribution in [2.75, 3.05) is 28.2 Å². The minimum atomic E-state index is -0.288. The van der Waals surface area contributed by atoms with E-state index in [0.29, 0.717) is 29.2 Å². The van der Waals surface area contributed by atoms with Crippen LogP contribution in [0.4, 0.5) is 22.7 Å². The third kappa shape index (κ3) is 5.87. The molecule has 0 fully saturated rings. The fourth-order valence-electron chi connectivity index (χ4n) is 4.19. The van der Waals surface area contributed by atoms with E-state index in [1.807, 2.05) is 48.5 Å². The Balaban J connectivity index is 1.80. The molecule has 3 rings (SSSR count). The summed E-state index contributed by atoms with van der Waals surface area (Å²) in [6.07, 6.45) is 2.80. The number of ketones is 1. The van der Waals surface area contributed by atoms with E-state index in [4.69, 9.17) is 0 Å². The molecule has 2 N–H and O–H groups in total. The van der Waals surface area contributed by atoms with Gasteiger partial charge < -0.3 is 20.2 Å². The highest BCUT2D eigenvalue weighted by Crippen LogP contribution is 2.25. The summed E-state index contributed by atoms with van der Waals surface area (Å²) in [5, 5.41) is 13.5. The van der Waals surface area contributed by atoms with Crippen LogP contribution in [0.1, 0.15) is 41.5 Å². The van der Waals surface area contributed by atoms with Crippen LogP contribution in [0.3, 0.4) is 0 Å². The van der Waals surface area contributed by atoms with Crippen LogP contribution >= 0.6 is 0 Å². The van der Waals surface area contributed by atoms with Gasteiger partial charge in [0.15, 0.2) is 0 Å². The molecule has 0 aromatic heterocycles. The molecule has 0 saturated heterocycles. The van der Waals surface area contributed by atoms with Gasteiger partial charge >= 0.3 is 0 Å². The summed E-state index contributed by atoms with van der Waals surface area (Å²) in [7, 11) is 0. The zero-order chi connectivity index (χ0) is 24.8. The average molecular weight is 461 g/mol. The number of aliphatic hydroxyl groups is 1. The van der Waals surface area contributed by atoms with Crippen molar-refractivity contribution in [3.8, 4) is 0 Å². The molecule has 0 spiro atoms. The molecular formula is C28H36N4O2. The molecule has 0 atom stereocenters. The Morgan fingerprint density at radius 3 is 1.79 bits per heavy atom. The molecule has 0 unspecified atom stereocenters. The summed E-state index contributed by atoms with van der Waals surface area (Å²) < 4.78 is 0. The van der Waals surface area contributed by atoms with E-state index in [1.165, 1.54) is 6.08 Å². The van der Waals surface area contributed by atoms with Gasteiger partial charge in [0.25, 0.3) is 0 Å². The Labute approximate surface area is 203 Å². The smallest absolute Gasteiger partial charge is 0.205 e. The van der Waals surface area contributed by atoms with Crippen molar-refractivity contribution in [2.45, 2.75) is 53.6 Å². The number of allylic oxidation sites excluding steroid dienone is 2. The molecule has 34 heavy (non-hydrogen) atoms. The van der Waals surface area contributed by atoms with Crippen LogP contribution in [0.25, 0.3) is 0 Å². The van der Waals surface area contributed by atoms with Gasteiger partial charge in [0.2, 0.25) is 5.78 Å². The van der Waals surface area contributed by atoms with Gasteiger partial charge in [-0.25, -0.2) is 4.99 Å². The minimum absolute atomic E-state index is 0.136. The number of hydrogen-bond donors (Lipinski definition) is 2. The molecule has 6 heteroatoms. The third-order valence-corrected chi connectivity index (χ3v) is 5.91. The van der Waals surface area contributed by atoms with Crippen LogP contribution < -0.4 is 15.1 Å². The van der Waals surface area contributed by atoms with Crippen molar-refractivity contribution in [1.82, 2.24) is 0 Å². The number of aliphatic hydroxyl groups excluding tert-OH is 1. The molecule has 2 aromatic rings. The lowest BCUT2D eigenvalue weighted by Gasteiger charge is -2.27. The number of benzene rings is 2. The summed E-state index contributed by atoms with van der Waals surface area (Å²) in [5.74, 6) is -0.424. The predicted octanol–water partition coefficient (Wildman–Crippen LogP) is 6.25. The molecule has 0 bridgehead atoms. The zero-order valence-corrected chi connectivity index (χ0v) is 21.0. The van der Waals surface area contributed by atoms with Crippen molar-refractivity contribution in [3.63, 3.8) is 0 Å². The highest BCUT2D eigenvalue weighted by Gasteiger charge is 2.19. The molecule has 1 aliphatic rings. The van der Waals surface area contributed by atoms with Crippen molar-refractivity contribution in [2.24, 2.45) is 4.99 Å². The number of hydrogen-bond acceptors (Lipinski definition) is 6. The van der Waals surface area contributed by atoms with Crippen LogP contribution in [-0.4, -0.2) is 41.8 Å². The second-order valence-corrected chi connectivity index (χ2v) is 8.90. The van der Waals surface area contributed by atoms with Gasteiger partial charge in [-0.15, -0.1) is 0 Å². The van der Waals surface area contributed by atoms with E-state index >= 15 is 0 Å². The average Bonchev–Trinajstić information content (AvgIpc) is 2.79. The number of aliphatic imine (C=N–C) groups is 1. The Morgan fingerprint density at radius 1 is 0.824 bits per heavy atom. The lowest BCUT2D eigenvalue weighted by molar-refractivity contribution is -0.111. The molecule has 180 valence electrons. The van der Waals surface area contributed by atoms with E-state index in [2.05, 4.69) is 61.7 Å². The van der Waals surface area contributed by atoms with Crippen LogP contribution in [0.2, 0.25) is 0 Å². The van der Waals surface area contributed by atoms with E-state index in [1.54, 1.807) is 6.08 Å². The highest BCUT2D eigenvalue weighted by atomic mass is 16.3. The number of rotatable bonds is 9. The fraction of sp³-hybridized carbons (Fsp3) is 0.357. The molecule has 0 saturated carbocycles. The maximum absolute atomic E-state index is 12.5. The van der Waals surface area contributed by atoms with E-state index in [-0.39, 0.29) is 11.5 Å². The Morgan fingerprint density at radius 2 is 1.32 bits per heavy atom. The van der Waals surface area contributed by atoms with Crippen LogP contribution in [-0.2, 0) is 4.79 Å². The number of anilines is 3. The molecule has 1 aliphatic carbocycles. The summed E-state index contributed by atoms with van der Waals surface area (Å²) in [6, 6.07) is 16.7. The Hall–Kier alpha value is -3.54. The van der Waals surface area contributed by atoms with Crippen LogP contribution in [0.15, 0.2) is 77.1 Å². The van der Waals surface area contributed by atoms with Crippen molar-refractivity contribution < 1.29 is 9.90 Å². The molecule has 0 aliphatic heterocycles. The number of nitrogens with zero attached hydrogens (tertiary/aromatic N) is 3. The lowest BCUT2D eigenvalue weighted by Crippen LogP contribution is -2.30. The minimum Gasteiger partial charge on any atom is -0.506 e. The van der Waals surface area contributed by atoms with Gasteiger partial charge in [-0.2, -0.15) is 0 Å². The first-order chi connectivity index (χ1) is 16.2. The predicted molar refractivity (Wildman–Crippen MR) is 144 cm³/mol. The molecular weight excluding hydrogens is 424 g/mol. The molecule has 0 amide bonds. The van der Waals surface area contributed by atoms with Gasteiger partial charge in [-0.1, -0.05) is 0 Å². The number of carbonyl (C=O) groups excluding carboxylic acids is 1. The highest BCUT2D eigenvalue weighted by molar-refractivity contribution is 6.22. The van der Waals surface area contributed by atoms with Crippen molar-refractivity contribution in [3.05, 3.63) is 72.1 Å². The van der Waals surface area contributed by atoms with Crippen LogP contribution in [0.5, 0.6) is 0 Å². The second kappa shape index (κ2) is 11.1. The van der Waals surface area contributed by atoms with E-state index in [9.17, 15) is 9.90 Å². The second-order valence-electron chi connectivity index (χ2n) is 8.90. The molecule has 2 aromatic carbocycles. The van der Waals surface area contributed by atoms with E-state index < -0.39 is 0 Å². The zero-order valence-electron chi connectivity index (χ0n) is 21.0. The maximum Gasteiger partial charge on any atom is 0.205 e. The maximum atomic E-state index is 12.5. The molecule has 0 radical (unpaired) electrons.